The SMILES string of the molecule is CNC(Cn1c(=O)oc2ccccc21)c1ccc(C)cc1. The first-order valence-corrected chi connectivity index (χ1v) is 7.01. The molecule has 0 amide bonds. The molecule has 1 unspecified atom stereocenters. The first-order valence-electron chi connectivity index (χ1n) is 7.01. The molecule has 1 aromatic heterocycles. The van der Waals surface area contributed by atoms with Gasteiger partial charge in [0, 0.05) is 6.54 Å². The van der Waals surface area contributed by atoms with E-state index >= 15 is 0 Å². The molecule has 0 aliphatic rings. The zero-order valence-corrected chi connectivity index (χ0v) is 12.2. The summed E-state index contributed by atoms with van der Waals surface area (Å²) in [7, 11) is 1.90. The summed E-state index contributed by atoms with van der Waals surface area (Å²) in [6.07, 6.45) is 0. The average Bonchev–Trinajstić information content (AvgIpc) is 2.81. The van der Waals surface area contributed by atoms with Gasteiger partial charge in [-0.1, -0.05) is 42.0 Å². The molecule has 0 spiro atoms. The van der Waals surface area contributed by atoms with E-state index < -0.39 is 0 Å². The third kappa shape index (κ3) is 2.62. The summed E-state index contributed by atoms with van der Waals surface area (Å²) in [5, 5.41) is 3.27. The minimum absolute atomic E-state index is 0.0595. The van der Waals surface area contributed by atoms with Crippen molar-refractivity contribution in [1.29, 1.82) is 0 Å². The fraction of sp³-hybridized carbons (Fsp3) is 0.235. The Balaban J connectivity index is 1.98. The maximum atomic E-state index is 12.0. The van der Waals surface area contributed by atoms with Crippen molar-refractivity contribution in [3.63, 3.8) is 0 Å². The molecule has 0 aliphatic heterocycles. The zero-order valence-electron chi connectivity index (χ0n) is 12.2. The summed E-state index contributed by atoms with van der Waals surface area (Å²) >= 11 is 0. The lowest BCUT2D eigenvalue weighted by Crippen LogP contribution is -2.26. The molecule has 0 saturated carbocycles. The minimum atomic E-state index is -0.316. The van der Waals surface area contributed by atoms with E-state index in [1.54, 1.807) is 4.57 Å². The van der Waals surface area contributed by atoms with Crippen LogP contribution in [0.3, 0.4) is 0 Å². The minimum Gasteiger partial charge on any atom is -0.408 e. The van der Waals surface area contributed by atoms with Gasteiger partial charge in [0.05, 0.1) is 11.6 Å². The number of hydrogen-bond acceptors (Lipinski definition) is 3. The summed E-state index contributed by atoms with van der Waals surface area (Å²) in [5.74, 6) is -0.316. The number of benzene rings is 2. The molecule has 0 bridgehead atoms. The maximum absolute atomic E-state index is 12.0. The quantitative estimate of drug-likeness (QED) is 0.800. The molecule has 3 rings (SSSR count). The van der Waals surface area contributed by atoms with Crippen molar-refractivity contribution in [2.75, 3.05) is 7.05 Å². The molecule has 3 aromatic rings. The van der Waals surface area contributed by atoms with Crippen LogP contribution in [0.25, 0.3) is 11.1 Å². The predicted molar refractivity (Wildman–Crippen MR) is 83.5 cm³/mol. The third-order valence-electron chi connectivity index (χ3n) is 3.77. The van der Waals surface area contributed by atoms with Crippen LogP contribution in [0.4, 0.5) is 0 Å². The van der Waals surface area contributed by atoms with Crippen molar-refractivity contribution in [3.8, 4) is 0 Å². The second-order valence-corrected chi connectivity index (χ2v) is 5.20. The summed E-state index contributed by atoms with van der Waals surface area (Å²) in [6.45, 7) is 2.60. The average molecular weight is 282 g/mol. The number of oxazole rings is 1. The molecule has 4 nitrogen and oxygen atoms in total. The Labute approximate surface area is 123 Å². The Bertz CT molecular complexity index is 800. The van der Waals surface area contributed by atoms with Crippen LogP contribution in [0, 0.1) is 6.92 Å². The summed E-state index contributed by atoms with van der Waals surface area (Å²) in [5.41, 5.74) is 3.83. The molecule has 0 saturated heterocycles. The normalized spacial score (nSPS) is 12.7. The molecular weight excluding hydrogens is 264 g/mol. The highest BCUT2D eigenvalue weighted by Gasteiger charge is 2.15. The van der Waals surface area contributed by atoms with Crippen LogP contribution in [0.15, 0.2) is 57.7 Å². The second kappa shape index (κ2) is 5.58. The molecule has 21 heavy (non-hydrogen) atoms. The van der Waals surface area contributed by atoms with Gasteiger partial charge in [0.1, 0.15) is 0 Å². The van der Waals surface area contributed by atoms with Crippen molar-refractivity contribution in [1.82, 2.24) is 9.88 Å². The standard InChI is InChI=1S/C17H18N2O2/c1-12-7-9-13(10-8-12)14(18-2)11-19-15-5-3-4-6-16(15)21-17(19)20/h3-10,14,18H,11H2,1-2H3. The van der Waals surface area contributed by atoms with E-state index in [4.69, 9.17) is 4.42 Å². The lowest BCUT2D eigenvalue weighted by atomic mass is 10.1. The van der Waals surface area contributed by atoms with Crippen molar-refractivity contribution >= 4 is 11.1 Å². The van der Waals surface area contributed by atoms with E-state index in [9.17, 15) is 4.79 Å². The summed E-state index contributed by atoms with van der Waals surface area (Å²) < 4.78 is 6.96. The molecule has 0 fully saturated rings. The number of likely N-dealkylation sites (N-methyl/N-ethyl adjacent to an activating group) is 1. The van der Waals surface area contributed by atoms with Crippen molar-refractivity contribution < 1.29 is 4.42 Å². The van der Waals surface area contributed by atoms with Crippen LogP contribution in [-0.2, 0) is 6.54 Å². The number of nitrogens with one attached hydrogen (secondary N) is 1. The van der Waals surface area contributed by atoms with Gasteiger partial charge in [0.2, 0.25) is 0 Å². The van der Waals surface area contributed by atoms with Gasteiger partial charge in [-0.15, -0.1) is 0 Å². The number of rotatable bonds is 4. The monoisotopic (exact) mass is 282 g/mol. The van der Waals surface area contributed by atoms with E-state index in [2.05, 4.69) is 36.5 Å². The molecular formula is C17H18N2O2. The maximum Gasteiger partial charge on any atom is 0.420 e. The lowest BCUT2D eigenvalue weighted by Gasteiger charge is -2.17. The van der Waals surface area contributed by atoms with Crippen molar-refractivity contribution in [3.05, 3.63) is 70.2 Å². The van der Waals surface area contributed by atoms with E-state index in [0.717, 1.165) is 11.1 Å². The topological polar surface area (TPSA) is 47.2 Å². The molecule has 1 atom stereocenters. The van der Waals surface area contributed by atoms with Gasteiger partial charge in [0.15, 0.2) is 5.58 Å². The van der Waals surface area contributed by atoms with Crippen LogP contribution in [0.1, 0.15) is 17.2 Å². The molecule has 4 heteroatoms. The summed E-state index contributed by atoms with van der Waals surface area (Å²) in [6, 6.07) is 15.9. The largest absolute Gasteiger partial charge is 0.420 e. The zero-order chi connectivity index (χ0) is 14.8. The number of fused-ring (bicyclic) bond motifs is 1. The Hall–Kier alpha value is -2.33. The van der Waals surface area contributed by atoms with Gasteiger partial charge in [-0.05, 0) is 31.7 Å². The smallest absolute Gasteiger partial charge is 0.408 e. The van der Waals surface area contributed by atoms with E-state index in [1.165, 1.54) is 5.56 Å². The number of aryl methyl sites for hydroxylation is 1. The Morgan fingerprint density at radius 2 is 1.86 bits per heavy atom. The third-order valence-corrected chi connectivity index (χ3v) is 3.77. The van der Waals surface area contributed by atoms with Gasteiger partial charge in [-0.2, -0.15) is 0 Å². The van der Waals surface area contributed by atoms with E-state index in [-0.39, 0.29) is 11.8 Å². The summed E-state index contributed by atoms with van der Waals surface area (Å²) in [4.78, 5) is 12.0. The Morgan fingerprint density at radius 1 is 1.14 bits per heavy atom. The highest BCUT2D eigenvalue weighted by Crippen LogP contribution is 2.18. The predicted octanol–water partition coefficient (Wildman–Crippen LogP) is 2.86. The Kier molecular flexibility index (Phi) is 3.62. The Morgan fingerprint density at radius 3 is 2.57 bits per heavy atom. The second-order valence-electron chi connectivity index (χ2n) is 5.20. The van der Waals surface area contributed by atoms with Crippen LogP contribution in [0.2, 0.25) is 0 Å². The fourth-order valence-electron chi connectivity index (χ4n) is 2.53. The van der Waals surface area contributed by atoms with Crippen LogP contribution >= 0.6 is 0 Å². The van der Waals surface area contributed by atoms with Gasteiger partial charge in [-0.25, -0.2) is 4.79 Å². The van der Waals surface area contributed by atoms with Crippen LogP contribution in [0.5, 0.6) is 0 Å². The van der Waals surface area contributed by atoms with Crippen LogP contribution < -0.4 is 11.1 Å². The fourth-order valence-corrected chi connectivity index (χ4v) is 2.53. The molecule has 1 N–H and O–H groups in total. The molecule has 0 aliphatic carbocycles. The van der Waals surface area contributed by atoms with Crippen molar-refractivity contribution in [2.45, 2.75) is 19.5 Å². The highest BCUT2D eigenvalue weighted by atomic mass is 16.4. The molecule has 2 aromatic carbocycles. The number of aromatic nitrogens is 1. The number of nitrogens with zero attached hydrogens (tertiary/aromatic N) is 1. The molecule has 1 heterocycles. The van der Waals surface area contributed by atoms with Gasteiger partial charge < -0.3 is 9.73 Å². The highest BCUT2D eigenvalue weighted by molar-refractivity contribution is 5.72. The van der Waals surface area contributed by atoms with E-state index in [1.807, 2.05) is 31.3 Å². The first kappa shape index (κ1) is 13.6. The van der Waals surface area contributed by atoms with Gasteiger partial charge in [-0.3, -0.25) is 4.57 Å². The lowest BCUT2D eigenvalue weighted by molar-refractivity contribution is 0.451. The van der Waals surface area contributed by atoms with Gasteiger partial charge >= 0.3 is 5.76 Å². The van der Waals surface area contributed by atoms with Crippen molar-refractivity contribution in [2.24, 2.45) is 0 Å². The van der Waals surface area contributed by atoms with E-state index in [0.29, 0.717) is 12.1 Å². The number of para-hydroxylation sites is 2. The number of hydrogen-bond donors (Lipinski definition) is 1. The first-order chi connectivity index (χ1) is 10.2. The van der Waals surface area contributed by atoms with Crippen LogP contribution in [-0.4, -0.2) is 11.6 Å². The van der Waals surface area contributed by atoms with Gasteiger partial charge in [0.25, 0.3) is 0 Å². The molecule has 108 valence electrons. The molecule has 0 radical (unpaired) electrons.